The standard InChI is InChI=1S/C12H10FNO2S/c1-7-3-4-8(9(13)5-7)11-14-6-10(17-11)12(15)16-2/h3-6H,1-2H3. The number of rotatable bonds is 2. The van der Waals surface area contributed by atoms with Crippen molar-refractivity contribution in [2.24, 2.45) is 0 Å². The highest BCUT2D eigenvalue weighted by Gasteiger charge is 2.14. The second kappa shape index (κ2) is 4.63. The van der Waals surface area contributed by atoms with Crippen molar-refractivity contribution >= 4 is 17.3 Å². The summed E-state index contributed by atoms with van der Waals surface area (Å²) in [6.45, 7) is 1.81. The van der Waals surface area contributed by atoms with Gasteiger partial charge < -0.3 is 4.74 Å². The number of methoxy groups -OCH3 is 1. The molecule has 0 bridgehead atoms. The Kier molecular flexibility index (Phi) is 3.19. The van der Waals surface area contributed by atoms with E-state index in [1.54, 1.807) is 12.1 Å². The SMILES string of the molecule is COC(=O)c1cnc(-c2ccc(C)cc2F)s1. The Labute approximate surface area is 102 Å². The van der Waals surface area contributed by atoms with E-state index in [1.807, 2.05) is 6.92 Å². The van der Waals surface area contributed by atoms with Crippen LogP contribution in [0, 0.1) is 12.7 Å². The minimum absolute atomic E-state index is 0.337. The summed E-state index contributed by atoms with van der Waals surface area (Å²) in [5, 5.41) is 0.475. The zero-order valence-electron chi connectivity index (χ0n) is 9.36. The number of nitrogens with zero attached hydrogens (tertiary/aromatic N) is 1. The van der Waals surface area contributed by atoms with Gasteiger partial charge in [0.1, 0.15) is 15.7 Å². The van der Waals surface area contributed by atoms with Crippen LogP contribution >= 0.6 is 11.3 Å². The molecule has 1 aromatic heterocycles. The maximum atomic E-state index is 13.7. The van der Waals surface area contributed by atoms with Crippen molar-refractivity contribution < 1.29 is 13.9 Å². The minimum atomic E-state index is -0.457. The fraction of sp³-hybridized carbons (Fsp3) is 0.167. The molecule has 3 nitrogen and oxygen atoms in total. The van der Waals surface area contributed by atoms with Crippen molar-refractivity contribution in [3.8, 4) is 10.6 Å². The molecule has 0 spiro atoms. The Bertz CT molecular complexity index is 565. The predicted molar refractivity (Wildman–Crippen MR) is 63.6 cm³/mol. The number of esters is 1. The van der Waals surface area contributed by atoms with Crippen molar-refractivity contribution in [2.75, 3.05) is 7.11 Å². The largest absolute Gasteiger partial charge is 0.465 e. The van der Waals surface area contributed by atoms with Crippen LogP contribution < -0.4 is 0 Å². The molecular weight excluding hydrogens is 241 g/mol. The van der Waals surface area contributed by atoms with E-state index in [2.05, 4.69) is 9.72 Å². The number of carbonyl (C=O) groups is 1. The second-order valence-corrected chi connectivity index (χ2v) is 4.54. The van der Waals surface area contributed by atoms with Crippen LogP contribution in [0.25, 0.3) is 10.6 Å². The predicted octanol–water partition coefficient (Wildman–Crippen LogP) is 3.04. The van der Waals surface area contributed by atoms with Crippen LogP contribution in [0.1, 0.15) is 15.2 Å². The number of benzene rings is 1. The molecule has 0 saturated heterocycles. The first-order valence-electron chi connectivity index (χ1n) is 4.92. The van der Waals surface area contributed by atoms with E-state index in [1.165, 1.54) is 19.4 Å². The van der Waals surface area contributed by atoms with Crippen LogP contribution in [0.15, 0.2) is 24.4 Å². The Balaban J connectivity index is 2.40. The summed E-state index contributed by atoms with van der Waals surface area (Å²) in [6, 6.07) is 4.90. The van der Waals surface area contributed by atoms with E-state index >= 15 is 0 Å². The summed E-state index contributed by atoms with van der Waals surface area (Å²) in [6.07, 6.45) is 1.39. The molecule has 2 rings (SSSR count). The topological polar surface area (TPSA) is 39.2 Å². The lowest BCUT2D eigenvalue weighted by Crippen LogP contribution is -1.96. The third kappa shape index (κ3) is 2.34. The first-order chi connectivity index (χ1) is 8.11. The molecule has 0 aliphatic heterocycles. The molecule has 0 atom stereocenters. The summed E-state index contributed by atoms with van der Waals surface area (Å²) >= 11 is 1.11. The van der Waals surface area contributed by atoms with Crippen molar-refractivity contribution in [1.29, 1.82) is 0 Å². The molecule has 88 valence electrons. The zero-order valence-corrected chi connectivity index (χ0v) is 10.2. The molecular formula is C12H10FNO2S. The average molecular weight is 251 g/mol. The molecule has 2 aromatic rings. The van der Waals surface area contributed by atoms with Crippen molar-refractivity contribution in [1.82, 2.24) is 4.98 Å². The number of halogens is 1. The quantitative estimate of drug-likeness (QED) is 0.770. The number of ether oxygens (including phenoxy) is 1. The number of hydrogen-bond donors (Lipinski definition) is 0. The molecule has 0 aliphatic rings. The molecule has 0 radical (unpaired) electrons. The van der Waals surface area contributed by atoms with Gasteiger partial charge in [-0.05, 0) is 24.6 Å². The van der Waals surface area contributed by atoms with E-state index in [4.69, 9.17) is 0 Å². The van der Waals surface area contributed by atoms with Gasteiger partial charge in [-0.25, -0.2) is 14.2 Å². The normalized spacial score (nSPS) is 10.3. The van der Waals surface area contributed by atoms with E-state index < -0.39 is 5.97 Å². The van der Waals surface area contributed by atoms with Gasteiger partial charge >= 0.3 is 5.97 Å². The molecule has 0 N–H and O–H groups in total. The molecule has 17 heavy (non-hydrogen) atoms. The van der Waals surface area contributed by atoms with Crippen LogP contribution in [0.5, 0.6) is 0 Å². The van der Waals surface area contributed by atoms with Crippen LogP contribution in [-0.4, -0.2) is 18.1 Å². The number of aryl methyl sites for hydroxylation is 1. The lowest BCUT2D eigenvalue weighted by atomic mass is 10.1. The van der Waals surface area contributed by atoms with Crippen molar-refractivity contribution in [3.63, 3.8) is 0 Å². The third-order valence-corrected chi connectivity index (χ3v) is 3.26. The number of hydrogen-bond acceptors (Lipinski definition) is 4. The van der Waals surface area contributed by atoms with Gasteiger partial charge in [0.25, 0.3) is 0 Å². The van der Waals surface area contributed by atoms with Crippen LogP contribution in [0.3, 0.4) is 0 Å². The molecule has 5 heteroatoms. The first-order valence-corrected chi connectivity index (χ1v) is 5.74. The van der Waals surface area contributed by atoms with Crippen LogP contribution in [-0.2, 0) is 4.74 Å². The van der Waals surface area contributed by atoms with Gasteiger partial charge in [0.2, 0.25) is 0 Å². The summed E-state index contributed by atoms with van der Waals surface area (Å²) in [7, 11) is 1.30. The number of aromatic nitrogens is 1. The van der Waals surface area contributed by atoms with E-state index in [9.17, 15) is 9.18 Å². The van der Waals surface area contributed by atoms with Gasteiger partial charge in [-0.1, -0.05) is 6.07 Å². The van der Waals surface area contributed by atoms with Gasteiger partial charge in [0.15, 0.2) is 0 Å². The highest BCUT2D eigenvalue weighted by molar-refractivity contribution is 7.16. The van der Waals surface area contributed by atoms with Gasteiger partial charge in [-0.15, -0.1) is 11.3 Å². The summed E-state index contributed by atoms with van der Waals surface area (Å²) in [5.74, 6) is -0.794. The fourth-order valence-electron chi connectivity index (χ4n) is 1.39. The van der Waals surface area contributed by atoms with Crippen molar-refractivity contribution in [3.05, 3.63) is 40.7 Å². The molecule has 0 unspecified atom stereocenters. The molecule has 1 heterocycles. The molecule has 1 aromatic carbocycles. The summed E-state index contributed by atoms with van der Waals surface area (Å²) in [4.78, 5) is 15.6. The fourth-order valence-corrected chi connectivity index (χ4v) is 2.25. The molecule has 0 fully saturated rings. The van der Waals surface area contributed by atoms with E-state index in [-0.39, 0.29) is 5.82 Å². The maximum absolute atomic E-state index is 13.7. The molecule has 0 saturated carbocycles. The number of carbonyl (C=O) groups excluding carboxylic acids is 1. The zero-order chi connectivity index (χ0) is 12.4. The smallest absolute Gasteiger partial charge is 0.349 e. The van der Waals surface area contributed by atoms with E-state index in [0.717, 1.165) is 16.9 Å². The van der Waals surface area contributed by atoms with Gasteiger partial charge in [-0.3, -0.25) is 0 Å². The van der Waals surface area contributed by atoms with Gasteiger partial charge in [0.05, 0.1) is 13.3 Å². The maximum Gasteiger partial charge on any atom is 0.349 e. The summed E-state index contributed by atoms with van der Waals surface area (Å²) in [5.41, 5.74) is 1.24. The van der Waals surface area contributed by atoms with Gasteiger partial charge in [0, 0.05) is 5.56 Å². The Morgan fingerprint density at radius 3 is 2.88 bits per heavy atom. The highest BCUT2D eigenvalue weighted by Crippen LogP contribution is 2.28. The number of thiazole rings is 1. The molecule has 0 aliphatic carbocycles. The highest BCUT2D eigenvalue weighted by atomic mass is 32.1. The van der Waals surface area contributed by atoms with E-state index in [0.29, 0.717) is 15.4 Å². The van der Waals surface area contributed by atoms with Crippen molar-refractivity contribution in [2.45, 2.75) is 6.92 Å². The minimum Gasteiger partial charge on any atom is -0.465 e. The Morgan fingerprint density at radius 2 is 2.24 bits per heavy atom. The van der Waals surface area contributed by atoms with Crippen LogP contribution in [0.2, 0.25) is 0 Å². The average Bonchev–Trinajstić information content (AvgIpc) is 2.77. The van der Waals surface area contributed by atoms with Crippen LogP contribution in [0.4, 0.5) is 4.39 Å². The monoisotopic (exact) mass is 251 g/mol. The Hall–Kier alpha value is -1.75. The Morgan fingerprint density at radius 1 is 1.47 bits per heavy atom. The second-order valence-electron chi connectivity index (χ2n) is 3.50. The van der Waals surface area contributed by atoms with Gasteiger partial charge in [-0.2, -0.15) is 0 Å². The lowest BCUT2D eigenvalue weighted by Gasteiger charge is -1.99. The third-order valence-electron chi connectivity index (χ3n) is 2.25. The molecule has 0 amide bonds. The first kappa shape index (κ1) is 11.7. The summed E-state index contributed by atoms with van der Waals surface area (Å²) < 4.78 is 18.3. The lowest BCUT2D eigenvalue weighted by molar-refractivity contribution is 0.0606.